The van der Waals surface area contributed by atoms with E-state index in [4.69, 9.17) is 14.6 Å². The average Bonchev–Trinajstić information content (AvgIpc) is 3.39. The van der Waals surface area contributed by atoms with Crippen LogP contribution in [0.1, 0.15) is 45.6 Å². The Labute approximate surface area is 231 Å². The number of hydrogen-bond donors (Lipinski definition) is 3. The van der Waals surface area contributed by atoms with Gasteiger partial charge in [0.2, 0.25) is 0 Å². The highest BCUT2D eigenvalue weighted by atomic mass is 16.6. The average molecular weight is 559 g/mol. The third-order valence-corrected chi connectivity index (χ3v) is 6.07. The number of esters is 1. The van der Waals surface area contributed by atoms with Crippen LogP contribution in [0.2, 0.25) is 0 Å². The Kier molecular flexibility index (Phi) is 10.6. The maximum absolute atomic E-state index is 12.3. The van der Waals surface area contributed by atoms with Crippen LogP contribution in [0.25, 0.3) is 0 Å². The summed E-state index contributed by atoms with van der Waals surface area (Å²) in [5.41, 5.74) is -1.38. The number of non-ortho nitro benzene ring substituents is 1. The lowest BCUT2D eigenvalue weighted by atomic mass is 9.99. The van der Waals surface area contributed by atoms with E-state index in [0.717, 1.165) is 6.42 Å². The van der Waals surface area contributed by atoms with Gasteiger partial charge in [0.05, 0.1) is 12.0 Å². The van der Waals surface area contributed by atoms with Gasteiger partial charge in [-0.05, 0) is 51.8 Å². The van der Waals surface area contributed by atoms with Crippen LogP contribution in [0.4, 0.5) is 15.3 Å². The molecule has 0 aliphatic carbocycles. The number of urea groups is 1. The Bertz CT molecular complexity index is 1210. The molecule has 13 nitrogen and oxygen atoms in total. The second-order valence-electron chi connectivity index (χ2n) is 10.1. The number of nitrogens with one attached hydrogen (secondary N) is 2. The first kappa shape index (κ1) is 31.5. The minimum atomic E-state index is -1.47. The number of hydrogen-bond acceptors (Lipinski definition) is 8. The first-order valence-electron chi connectivity index (χ1n) is 12.3. The number of nitro benzene ring substituents is 1. The van der Waals surface area contributed by atoms with Gasteiger partial charge in [0.1, 0.15) is 16.8 Å². The molecule has 3 rings (SSSR count). The second-order valence-corrected chi connectivity index (χ2v) is 10.1. The molecule has 0 bridgehead atoms. The standard InChI is InChI=1S/C16H22N2O3.C11H12N2O6/c1-16(2,14(19)21-3)17-15(20)18-10-9-13(11-18)12-7-5-4-6-8-12;1-11(2,9(14)15)12-10(16)19-8-5-3-7(4-6-8)13(17)18/h4-8,13H,9-11H2,1-3H3,(H,17,20);3-6H,1-2H3,(H,12,16)(H,14,15)/t13-;/m0./s1. The van der Waals surface area contributed by atoms with E-state index in [2.05, 4.69) is 22.8 Å². The van der Waals surface area contributed by atoms with Gasteiger partial charge in [0, 0.05) is 31.1 Å². The maximum atomic E-state index is 12.3. The largest absolute Gasteiger partial charge is 0.480 e. The molecule has 0 saturated carbocycles. The van der Waals surface area contributed by atoms with Gasteiger partial charge in [-0.2, -0.15) is 0 Å². The van der Waals surface area contributed by atoms with E-state index in [9.17, 15) is 29.3 Å². The van der Waals surface area contributed by atoms with Crippen molar-refractivity contribution in [1.82, 2.24) is 15.5 Å². The number of carbonyl (C=O) groups excluding carboxylic acids is 3. The first-order chi connectivity index (χ1) is 18.7. The predicted molar refractivity (Wildman–Crippen MR) is 144 cm³/mol. The Hall–Kier alpha value is -4.68. The number of carbonyl (C=O) groups is 4. The number of rotatable bonds is 7. The molecule has 216 valence electrons. The van der Waals surface area contributed by atoms with Crippen LogP contribution >= 0.6 is 0 Å². The van der Waals surface area contributed by atoms with Crippen LogP contribution < -0.4 is 15.4 Å². The summed E-state index contributed by atoms with van der Waals surface area (Å²) in [5, 5.41) is 24.1. The molecule has 1 fully saturated rings. The highest BCUT2D eigenvalue weighted by Gasteiger charge is 2.35. The van der Waals surface area contributed by atoms with Crippen molar-refractivity contribution in [2.45, 2.75) is 51.1 Å². The van der Waals surface area contributed by atoms with Crippen LogP contribution in [0.5, 0.6) is 5.75 Å². The third-order valence-electron chi connectivity index (χ3n) is 6.07. The van der Waals surface area contributed by atoms with Crippen molar-refractivity contribution in [2.24, 2.45) is 0 Å². The van der Waals surface area contributed by atoms with Crippen LogP contribution in [-0.4, -0.2) is 70.3 Å². The smallest absolute Gasteiger partial charge is 0.413 e. The monoisotopic (exact) mass is 558 g/mol. The molecule has 1 atom stereocenters. The molecule has 1 aliphatic rings. The van der Waals surface area contributed by atoms with E-state index in [0.29, 0.717) is 19.0 Å². The lowest BCUT2D eigenvalue weighted by Gasteiger charge is -2.26. The molecule has 1 aliphatic heterocycles. The molecule has 0 unspecified atom stereocenters. The van der Waals surface area contributed by atoms with E-state index in [1.807, 2.05) is 18.2 Å². The molecule has 13 heteroatoms. The fraction of sp³-hybridized carbons (Fsp3) is 0.407. The third kappa shape index (κ3) is 8.96. The number of methoxy groups -OCH3 is 1. The van der Waals surface area contributed by atoms with Crippen LogP contribution in [0, 0.1) is 10.1 Å². The number of amides is 3. The van der Waals surface area contributed by atoms with Crippen molar-refractivity contribution in [2.75, 3.05) is 20.2 Å². The van der Waals surface area contributed by atoms with E-state index < -0.39 is 34.0 Å². The number of carboxylic acid groups (broad SMARTS) is 1. The van der Waals surface area contributed by atoms with Gasteiger partial charge < -0.3 is 30.1 Å². The molecule has 0 aromatic heterocycles. The summed E-state index contributed by atoms with van der Waals surface area (Å²) in [4.78, 5) is 57.7. The number of likely N-dealkylation sites (tertiary alicyclic amines) is 1. The maximum Gasteiger partial charge on any atom is 0.413 e. The summed E-state index contributed by atoms with van der Waals surface area (Å²) in [6.07, 6.45) is -0.0166. The molecule has 40 heavy (non-hydrogen) atoms. The molecular formula is C27H34N4O9. The molecule has 1 saturated heterocycles. The number of nitro groups is 1. The molecule has 2 aromatic rings. The number of aliphatic carboxylic acids is 1. The summed E-state index contributed by atoms with van der Waals surface area (Å²) in [6.45, 7) is 7.25. The summed E-state index contributed by atoms with van der Waals surface area (Å²) in [6, 6.07) is 14.8. The Morgan fingerprint density at radius 1 is 0.975 bits per heavy atom. The fourth-order valence-corrected chi connectivity index (χ4v) is 3.67. The van der Waals surface area contributed by atoms with Gasteiger partial charge in [-0.3, -0.25) is 10.1 Å². The minimum Gasteiger partial charge on any atom is -0.480 e. The van der Waals surface area contributed by atoms with Crippen molar-refractivity contribution < 1.29 is 38.7 Å². The van der Waals surface area contributed by atoms with Crippen molar-refractivity contribution in [1.29, 1.82) is 0 Å². The van der Waals surface area contributed by atoms with Gasteiger partial charge in [-0.1, -0.05) is 30.3 Å². The zero-order chi connectivity index (χ0) is 30.1. The van der Waals surface area contributed by atoms with Gasteiger partial charge >= 0.3 is 24.1 Å². The second kappa shape index (κ2) is 13.4. The summed E-state index contributed by atoms with van der Waals surface area (Å²) in [7, 11) is 1.32. The van der Waals surface area contributed by atoms with Gasteiger partial charge in [-0.15, -0.1) is 0 Å². The molecule has 0 spiro atoms. The van der Waals surface area contributed by atoms with Crippen molar-refractivity contribution >= 4 is 29.8 Å². The summed E-state index contributed by atoms with van der Waals surface area (Å²) >= 11 is 0. The molecule has 3 amide bonds. The quantitative estimate of drug-likeness (QED) is 0.260. The number of ether oxygens (including phenoxy) is 2. The Balaban J connectivity index is 0.000000282. The molecule has 2 aromatic carbocycles. The first-order valence-corrected chi connectivity index (χ1v) is 12.3. The lowest BCUT2D eigenvalue weighted by molar-refractivity contribution is -0.384. The molecular weight excluding hydrogens is 524 g/mol. The van der Waals surface area contributed by atoms with Gasteiger partial charge in [0.25, 0.3) is 5.69 Å². The van der Waals surface area contributed by atoms with Crippen molar-refractivity contribution in [3.05, 3.63) is 70.3 Å². The van der Waals surface area contributed by atoms with E-state index >= 15 is 0 Å². The lowest BCUT2D eigenvalue weighted by Crippen LogP contribution is -2.54. The van der Waals surface area contributed by atoms with Crippen LogP contribution in [-0.2, 0) is 14.3 Å². The highest BCUT2D eigenvalue weighted by Crippen LogP contribution is 2.27. The van der Waals surface area contributed by atoms with Crippen LogP contribution in [0.15, 0.2) is 54.6 Å². The zero-order valence-corrected chi connectivity index (χ0v) is 23.0. The van der Waals surface area contributed by atoms with Crippen molar-refractivity contribution in [3.63, 3.8) is 0 Å². The summed E-state index contributed by atoms with van der Waals surface area (Å²) in [5.74, 6) is -1.23. The van der Waals surface area contributed by atoms with E-state index in [1.165, 1.54) is 50.8 Å². The highest BCUT2D eigenvalue weighted by molar-refractivity contribution is 5.86. The van der Waals surface area contributed by atoms with Crippen LogP contribution in [0.3, 0.4) is 0 Å². The minimum absolute atomic E-state index is 0.0734. The Morgan fingerprint density at radius 2 is 1.57 bits per heavy atom. The Morgan fingerprint density at radius 3 is 2.10 bits per heavy atom. The van der Waals surface area contributed by atoms with E-state index in [1.54, 1.807) is 18.7 Å². The molecule has 3 N–H and O–H groups in total. The predicted octanol–water partition coefficient (Wildman–Crippen LogP) is 3.68. The topological polar surface area (TPSA) is 177 Å². The fourth-order valence-electron chi connectivity index (χ4n) is 3.67. The van der Waals surface area contributed by atoms with E-state index in [-0.39, 0.29) is 17.5 Å². The van der Waals surface area contributed by atoms with Crippen molar-refractivity contribution in [3.8, 4) is 5.75 Å². The number of nitrogens with zero attached hydrogens (tertiary/aromatic N) is 2. The molecule has 0 radical (unpaired) electrons. The van der Waals surface area contributed by atoms with Gasteiger partial charge in [-0.25, -0.2) is 19.2 Å². The summed E-state index contributed by atoms with van der Waals surface area (Å²) < 4.78 is 9.50. The SMILES string of the molecule is CC(C)(NC(=O)Oc1ccc([N+](=O)[O-])cc1)C(=O)O.COC(=O)C(C)(C)NC(=O)N1CC[C@H](c2ccccc2)C1. The zero-order valence-electron chi connectivity index (χ0n) is 23.0. The number of benzene rings is 2. The number of carboxylic acids is 1. The molecule has 1 heterocycles. The van der Waals surface area contributed by atoms with Gasteiger partial charge in [0.15, 0.2) is 0 Å². The normalized spacial score (nSPS) is 14.7.